The van der Waals surface area contributed by atoms with E-state index in [9.17, 15) is 24.0 Å². The molecule has 0 aromatic heterocycles. The summed E-state index contributed by atoms with van der Waals surface area (Å²) in [5, 5.41) is 6.87. The molecule has 146 valence electrons. The maximum absolute atomic E-state index is 11.9. The molecule has 0 aliphatic heterocycles. The molecule has 3 N–H and O–H groups in total. The topological polar surface area (TPSA) is 140 Å². The van der Waals surface area contributed by atoms with Gasteiger partial charge in [0.1, 0.15) is 6.04 Å². The van der Waals surface area contributed by atoms with Gasteiger partial charge < -0.3 is 25.4 Å². The monoisotopic (exact) mass is 371 g/mol. The highest BCUT2D eigenvalue weighted by atomic mass is 16.5. The van der Waals surface area contributed by atoms with Crippen LogP contribution in [0.5, 0.6) is 0 Å². The Balaban J connectivity index is 4.48. The van der Waals surface area contributed by atoms with Crippen LogP contribution in [0.4, 0.5) is 0 Å². The van der Waals surface area contributed by atoms with Gasteiger partial charge >= 0.3 is 11.9 Å². The van der Waals surface area contributed by atoms with Crippen LogP contribution >= 0.6 is 0 Å². The maximum atomic E-state index is 11.9. The lowest BCUT2D eigenvalue weighted by Crippen LogP contribution is -2.48. The second-order valence-electron chi connectivity index (χ2n) is 5.12. The molecule has 26 heavy (non-hydrogen) atoms. The summed E-state index contributed by atoms with van der Waals surface area (Å²) in [5.74, 6) is -3.24. The lowest BCUT2D eigenvalue weighted by atomic mass is 10.2. The van der Waals surface area contributed by atoms with Crippen molar-refractivity contribution in [2.24, 2.45) is 0 Å². The molecule has 0 rings (SSSR count). The van der Waals surface area contributed by atoms with Gasteiger partial charge in [0.25, 0.3) is 0 Å². The molecule has 0 heterocycles. The van der Waals surface area contributed by atoms with Gasteiger partial charge in [0, 0.05) is 5.57 Å². The van der Waals surface area contributed by atoms with Gasteiger partial charge in [-0.05, 0) is 20.8 Å². The molecular formula is C16H25N3O7. The Bertz CT molecular complexity index is 560. The molecule has 0 aliphatic rings. The summed E-state index contributed by atoms with van der Waals surface area (Å²) in [6, 6.07) is -1.22. The van der Waals surface area contributed by atoms with Crippen molar-refractivity contribution >= 4 is 29.7 Å². The second kappa shape index (κ2) is 12.5. The Hall–Kier alpha value is -2.91. The minimum absolute atomic E-state index is 0.0766. The van der Waals surface area contributed by atoms with Crippen molar-refractivity contribution in [1.82, 2.24) is 16.0 Å². The van der Waals surface area contributed by atoms with E-state index >= 15 is 0 Å². The molecule has 0 fully saturated rings. The van der Waals surface area contributed by atoms with Gasteiger partial charge in [-0.15, -0.1) is 0 Å². The third-order valence-corrected chi connectivity index (χ3v) is 2.83. The van der Waals surface area contributed by atoms with Gasteiger partial charge in [-0.2, -0.15) is 0 Å². The van der Waals surface area contributed by atoms with Crippen LogP contribution in [0, 0.1) is 0 Å². The summed E-state index contributed by atoms with van der Waals surface area (Å²) in [6.07, 6.45) is -0.388. The first-order chi connectivity index (χ1) is 12.2. The Labute approximate surface area is 151 Å². The predicted molar refractivity (Wildman–Crippen MR) is 90.6 cm³/mol. The van der Waals surface area contributed by atoms with Crippen molar-refractivity contribution in [3.63, 3.8) is 0 Å². The summed E-state index contributed by atoms with van der Waals surface area (Å²) in [5.41, 5.74) is 0.242. The first-order valence-electron chi connectivity index (χ1n) is 8.03. The zero-order valence-corrected chi connectivity index (χ0v) is 15.2. The molecule has 0 aliphatic carbocycles. The number of ether oxygens (including phenoxy) is 2. The predicted octanol–water partition coefficient (Wildman–Crippen LogP) is -1.20. The van der Waals surface area contributed by atoms with E-state index in [0.29, 0.717) is 0 Å². The summed E-state index contributed by atoms with van der Waals surface area (Å²) >= 11 is 0. The summed E-state index contributed by atoms with van der Waals surface area (Å²) < 4.78 is 9.53. The molecule has 0 bridgehead atoms. The third-order valence-electron chi connectivity index (χ3n) is 2.83. The van der Waals surface area contributed by atoms with Crippen LogP contribution < -0.4 is 16.0 Å². The van der Waals surface area contributed by atoms with Crippen molar-refractivity contribution in [2.75, 3.05) is 26.3 Å². The summed E-state index contributed by atoms with van der Waals surface area (Å²) in [6.45, 7) is 7.53. The lowest BCUT2D eigenvalue weighted by molar-refractivity contribution is -0.153. The molecule has 0 aromatic rings. The Morgan fingerprint density at radius 1 is 0.923 bits per heavy atom. The molecule has 0 aromatic carbocycles. The molecule has 1 atom stereocenters. The quantitative estimate of drug-likeness (QED) is 0.306. The van der Waals surface area contributed by atoms with Crippen LogP contribution in [-0.2, 0) is 33.4 Å². The number of amides is 3. The first-order valence-corrected chi connectivity index (χ1v) is 8.03. The zero-order chi connectivity index (χ0) is 20.1. The van der Waals surface area contributed by atoms with Gasteiger partial charge in [-0.3, -0.25) is 19.2 Å². The Kier molecular flexibility index (Phi) is 11.1. The van der Waals surface area contributed by atoms with Crippen molar-refractivity contribution in [1.29, 1.82) is 0 Å². The Morgan fingerprint density at radius 3 is 2.04 bits per heavy atom. The molecule has 10 heteroatoms. The van der Waals surface area contributed by atoms with E-state index in [1.807, 2.05) is 0 Å². The van der Waals surface area contributed by atoms with E-state index in [-0.39, 0.29) is 31.8 Å². The van der Waals surface area contributed by atoms with Crippen molar-refractivity contribution in [3.05, 3.63) is 12.2 Å². The zero-order valence-electron chi connectivity index (χ0n) is 15.2. The average Bonchev–Trinajstić information content (AvgIpc) is 2.57. The molecular weight excluding hydrogens is 346 g/mol. The van der Waals surface area contributed by atoms with Crippen LogP contribution in [-0.4, -0.2) is 62.0 Å². The molecule has 0 spiro atoms. The van der Waals surface area contributed by atoms with Crippen LogP contribution in [0.15, 0.2) is 12.2 Å². The molecule has 3 amide bonds. The molecule has 0 radical (unpaired) electrons. The number of esters is 2. The van der Waals surface area contributed by atoms with E-state index in [1.54, 1.807) is 13.8 Å². The number of rotatable bonds is 11. The van der Waals surface area contributed by atoms with Gasteiger partial charge in [-0.1, -0.05) is 6.58 Å². The largest absolute Gasteiger partial charge is 0.466 e. The number of carbonyl (C=O) groups is 5. The SMILES string of the molecule is C=C(C)C(=O)NCC(=O)NCC(=O)N[C@@H](CC(=O)OCC)C(=O)OCC. The normalized spacial score (nSPS) is 10.9. The van der Waals surface area contributed by atoms with Gasteiger partial charge in [0.15, 0.2) is 0 Å². The van der Waals surface area contributed by atoms with Crippen LogP contribution in [0.25, 0.3) is 0 Å². The van der Waals surface area contributed by atoms with E-state index in [0.717, 1.165) is 0 Å². The smallest absolute Gasteiger partial charge is 0.329 e. The second-order valence-corrected chi connectivity index (χ2v) is 5.12. The maximum Gasteiger partial charge on any atom is 0.329 e. The van der Waals surface area contributed by atoms with Crippen molar-refractivity contribution in [3.8, 4) is 0 Å². The molecule has 10 nitrogen and oxygen atoms in total. The van der Waals surface area contributed by atoms with E-state index in [2.05, 4.69) is 22.5 Å². The Morgan fingerprint density at radius 2 is 1.50 bits per heavy atom. The van der Waals surface area contributed by atoms with Gasteiger partial charge in [0.05, 0.1) is 32.7 Å². The van der Waals surface area contributed by atoms with Gasteiger partial charge in [-0.25, -0.2) is 4.79 Å². The van der Waals surface area contributed by atoms with Crippen molar-refractivity contribution in [2.45, 2.75) is 33.2 Å². The highest BCUT2D eigenvalue weighted by Gasteiger charge is 2.25. The van der Waals surface area contributed by atoms with E-state index in [4.69, 9.17) is 9.47 Å². The third kappa shape index (κ3) is 10.1. The van der Waals surface area contributed by atoms with Gasteiger partial charge in [0.2, 0.25) is 17.7 Å². The first kappa shape index (κ1) is 23.1. The van der Waals surface area contributed by atoms with Crippen LogP contribution in [0.3, 0.4) is 0 Å². The lowest BCUT2D eigenvalue weighted by Gasteiger charge is -2.16. The number of nitrogens with one attached hydrogen (secondary N) is 3. The number of carbonyl (C=O) groups excluding carboxylic acids is 5. The molecule has 0 saturated carbocycles. The highest BCUT2D eigenvalue weighted by Crippen LogP contribution is 1.99. The van der Waals surface area contributed by atoms with Crippen molar-refractivity contribution < 1.29 is 33.4 Å². The number of hydrogen-bond donors (Lipinski definition) is 3. The fourth-order valence-corrected chi connectivity index (χ4v) is 1.62. The fourth-order valence-electron chi connectivity index (χ4n) is 1.62. The average molecular weight is 371 g/mol. The minimum atomic E-state index is -1.22. The number of hydrogen-bond acceptors (Lipinski definition) is 7. The highest BCUT2D eigenvalue weighted by molar-refractivity contribution is 5.95. The molecule has 0 saturated heterocycles. The minimum Gasteiger partial charge on any atom is -0.466 e. The standard InChI is InChI=1S/C16H25N3O7/c1-5-25-14(22)7-11(16(24)26-6-2)19-13(21)9-17-12(20)8-18-15(23)10(3)4/h11H,3,5-9H2,1-2,4H3,(H,17,20)(H,18,23)(H,19,21)/t11-/m0/s1. The van der Waals surface area contributed by atoms with Crippen LogP contribution in [0.2, 0.25) is 0 Å². The summed E-state index contributed by atoms with van der Waals surface area (Å²) in [7, 11) is 0. The molecule has 0 unspecified atom stereocenters. The van der Waals surface area contributed by atoms with E-state index < -0.39 is 42.2 Å². The van der Waals surface area contributed by atoms with Crippen LogP contribution in [0.1, 0.15) is 27.2 Å². The fraction of sp³-hybridized carbons (Fsp3) is 0.562. The van der Waals surface area contributed by atoms with E-state index in [1.165, 1.54) is 6.92 Å². The summed E-state index contributed by atoms with van der Waals surface area (Å²) in [4.78, 5) is 58.0.